The quantitative estimate of drug-likeness (QED) is 0.760. The van der Waals surface area contributed by atoms with Crippen LogP contribution in [-0.4, -0.2) is 22.2 Å². The summed E-state index contributed by atoms with van der Waals surface area (Å²) in [7, 11) is 0. The zero-order valence-electron chi connectivity index (χ0n) is 10.2. The van der Waals surface area contributed by atoms with Crippen molar-refractivity contribution in [3.05, 3.63) is 41.0 Å². The number of rotatable bonds is 6. The second-order valence-electron chi connectivity index (χ2n) is 3.93. The average Bonchev–Trinajstić information content (AvgIpc) is 2.35. The zero-order chi connectivity index (χ0) is 14.3. The third kappa shape index (κ3) is 5.04. The van der Waals surface area contributed by atoms with Gasteiger partial charge in [-0.1, -0.05) is 18.2 Å². The Kier molecular flexibility index (Phi) is 5.30. The average molecular weight is 259 g/mol. The Balaban J connectivity index is 3.03. The second kappa shape index (κ2) is 6.97. The Morgan fingerprint density at radius 3 is 2.58 bits per heavy atom. The fraction of sp³-hybridized carbons (Fsp3) is 0.214. The first-order valence-electron chi connectivity index (χ1n) is 5.64. The van der Waals surface area contributed by atoms with Crippen LogP contribution < -0.4 is 0 Å². The van der Waals surface area contributed by atoms with Gasteiger partial charge in [-0.2, -0.15) is 5.26 Å². The molecule has 0 heterocycles. The van der Waals surface area contributed by atoms with Crippen molar-refractivity contribution in [2.45, 2.75) is 19.3 Å². The monoisotopic (exact) mass is 259 g/mol. The van der Waals surface area contributed by atoms with Crippen molar-refractivity contribution in [3.63, 3.8) is 0 Å². The van der Waals surface area contributed by atoms with Crippen LogP contribution in [0.5, 0.6) is 0 Å². The van der Waals surface area contributed by atoms with Gasteiger partial charge in [-0.05, 0) is 29.2 Å². The smallest absolute Gasteiger partial charge is 0.328 e. The molecular weight excluding hydrogens is 246 g/mol. The first kappa shape index (κ1) is 14.5. The summed E-state index contributed by atoms with van der Waals surface area (Å²) in [6.07, 6.45) is 3.08. The van der Waals surface area contributed by atoms with Crippen molar-refractivity contribution in [1.82, 2.24) is 0 Å². The number of nitriles is 1. The maximum absolute atomic E-state index is 10.7. The number of carboxylic acids is 2. The second-order valence-corrected chi connectivity index (χ2v) is 3.93. The van der Waals surface area contributed by atoms with E-state index in [-0.39, 0.29) is 6.42 Å². The van der Waals surface area contributed by atoms with Crippen molar-refractivity contribution in [2.75, 3.05) is 0 Å². The van der Waals surface area contributed by atoms with Crippen LogP contribution in [-0.2, 0) is 22.4 Å². The van der Waals surface area contributed by atoms with Crippen LogP contribution >= 0.6 is 0 Å². The Bertz CT molecular complexity index is 555. The molecule has 1 rings (SSSR count). The highest BCUT2D eigenvalue weighted by atomic mass is 16.4. The number of aryl methyl sites for hydroxylation is 1. The summed E-state index contributed by atoms with van der Waals surface area (Å²) in [5, 5.41) is 25.9. The van der Waals surface area contributed by atoms with E-state index in [2.05, 4.69) is 0 Å². The lowest BCUT2D eigenvalue weighted by molar-refractivity contribution is -0.136. The predicted molar refractivity (Wildman–Crippen MR) is 68.4 cm³/mol. The van der Waals surface area contributed by atoms with E-state index in [1.54, 1.807) is 18.2 Å². The van der Waals surface area contributed by atoms with Gasteiger partial charge in [0.1, 0.15) is 0 Å². The summed E-state index contributed by atoms with van der Waals surface area (Å²) < 4.78 is 0. The molecule has 0 aliphatic carbocycles. The van der Waals surface area contributed by atoms with Gasteiger partial charge in [-0.15, -0.1) is 0 Å². The molecule has 0 saturated heterocycles. The van der Waals surface area contributed by atoms with Crippen molar-refractivity contribution in [2.24, 2.45) is 0 Å². The van der Waals surface area contributed by atoms with E-state index < -0.39 is 11.9 Å². The van der Waals surface area contributed by atoms with Gasteiger partial charge in [-0.3, -0.25) is 4.79 Å². The SMILES string of the molecule is N#CCCc1cc(/C=C/C(=O)O)ccc1CC(=O)O. The van der Waals surface area contributed by atoms with Gasteiger partial charge in [0, 0.05) is 12.5 Å². The minimum Gasteiger partial charge on any atom is -0.481 e. The molecule has 1 aromatic rings. The van der Waals surface area contributed by atoms with Crippen LogP contribution in [0.1, 0.15) is 23.1 Å². The molecule has 0 fully saturated rings. The van der Waals surface area contributed by atoms with Crippen LogP contribution in [0.3, 0.4) is 0 Å². The summed E-state index contributed by atoms with van der Waals surface area (Å²) in [5.74, 6) is -1.99. The van der Waals surface area contributed by atoms with Gasteiger partial charge < -0.3 is 10.2 Å². The highest BCUT2D eigenvalue weighted by molar-refractivity contribution is 5.85. The molecule has 0 atom stereocenters. The number of carboxylic acid groups (broad SMARTS) is 2. The van der Waals surface area contributed by atoms with Gasteiger partial charge in [0.05, 0.1) is 12.5 Å². The number of aliphatic carboxylic acids is 2. The molecule has 0 radical (unpaired) electrons. The highest BCUT2D eigenvalue weighted by Gasteiger charge is 2.07. The number of nitrogens with zero attached hydrogens (tertiary/aromatic N) is 1. The van der Waals surface area contributed by atoms with Crippen molar-refractivity contribution < 1.29 is 19.8 Å². The van der Waals surface area contributed by atoms with Crippen molar-refractivity contribution >= 4 is 18.0 Å². The molecule has 2 N–H and O–H groups in total. The maximum atomic E-state index is 10.7. The molecule has 0 unspecified atom stereocenters. The van der Waals surface area contributed by atoms with E-state index in [9.17, 15) is 9.59 Å². The molecule has 98 valence electrons. The van der Waals surface area contributed by atoms with E-state index >= 15 is 0 Å². The summed E-state index contributed by atoms with van der Waals surface area (Å²) in [6.45, 7) is 0. The van der Waals surface area contributed by atoms with Crippen molar-refractivity contribution in [1.29, 1.82) is 5.26 Å². The Morgan fingerprint density at radius 2 is 2.00 bits per heavy atom. The van der Waals surface area contributed by atoms with E-state index in [0.29, 0.717) is 24.0 Å². The fourth-order valence-corrected chi connectivity index (χ4v) is 1.68. The van der Waals surface area contributed by atoms with Crippen molar-refractivity contribution in [3.8, 4) is 6.07 Å². The minimum absolute atomic E-state index is 0.107. The molecule has 0 aliphatic rings. The third-order valence-corrected chi connectivity index (χ3v) is 2.50. The van der Waals surface area contributed by atoms with E-state index in [4.69, 9.17) is 15.5 Å². The topological polar surface area (TPSA) is 98.4 Å². The molecule has 1 aromatic carbocycles. The van der Waals surface area contributed by atoms with Crippen LogP contribution in [0.4, 0.5) is 0 Å². The zero-order valence-corrected chi connectivity index (χ0v) is 10.2. The number of benzene rings is 1. The van der Waals surface area contributed by atoms with Crippen LogP contribution in [0.15, 0.2) is 24.3 Å². The molecule has 0 aromatic heterocycles. The molecule has 0 amide bonds. The standard InChI is InChI=1S/C14H13NO4/c15-7-1-2-11-8-10(4-6-13(16)17)3-5-12(11)9-14(18)19/h3-6,8H,1-2,9H2,(H,16,17)(H,18,19)/b6-4+. The fourth-order valence-electron chi connectivity index (χ4n) is 1.68. The number of hydrogen-bond acceptors (Lipinski definition) is 3. The van der Waals surface area contributed by atoms with Crippen LogP contribution in [0.25, 0.3) is 6.08 Å². The summed E-state index contributed by atoms with van der Waals surface area (Å²) in [4.78, 5) is 21.2. The maximum Gasteiger partial charge on any atom is 0.328 e. The Hall–Kier alpha value is -2.61. The first-order valence-corrected chi connectivity index (χ1v) is 5.64. The van der Waals surface area contributed by atoms with Gasteiger partial charge in [0.2, 0.25) is 0 Å². The van der Waals surface area contributed by atoms with Gasteiger partial charge >= 0.3 is 11.9 Å². The highest BCUT2D eigenvalue weighted by Crippen LogP contribution is 2.16. The lowest BCUT2D eigenvalue weighted by Crippen LogP contribution is -2.04. The molecule has 5 nitrogen and oxygen atoms in total. The first-order chi connectivity index (χ1) is 9.02. The molecule has 0 saturated carbocycles. The lowest BCUT2D eigenvalue weighted by atomic mass is 9.98. The Morgan fingerprint density at radius 1 is 1.26 bits per heavy atom. The molecular formula is C14H13NO4. The van der Waals surface area contributed by atoms with Gasteiger partial charge in [0.25, 0.3) is 0 Å². The van der Waals surface area contributed by atoms with Crippen LogP contribution in [0, 0.1) is 11.3 Å². The van der Waals surface area contributed by atoms with E-state index in [1.807, 2.05) is 6.07 Å². The Labute approximate surface area is 110 Å². The predicted octanol–water partition coefficient (Wildman–Crippen LogP) is 1.87. The third-order valence-electron chi connectivity index (χ3n) is 2.50. The summed E-state index contributed by atoms with van der Waals surface area (Å²) in [6, 6.07) is 7.04. The van der Waals surface area contributed by atoms with E-state index in [0.717, 1.165) is 11.6 Å². The lowest BCUT2D eigenvalue weighted by Gasteiger charge is -2.07. The molecule has 0 spiro atoms. The molecule has 0 aliphatic heterocycles. The minimum atomic E-state index is -1.05. The van der Waals surface area contributed by atoms with Gasteiger partial charge in [0.15, 0.2) is 0 Å². The molecule has 19 heavy (non-hydrogen) atoms. The van der Waals surface area contributed by atoms with Gasteiger partial charge in [-0.25, -0.2) is 4.79 Å². The molecule has 0 bridgehead atoms. The van der Waals surface area contributed by atoms with Crippen LogP contribution in [0.2, 0.25) is 0 Å². The number of hydrogen-bond donors (Lipinski definition) is 2. The van der Waals surface area contributed by atoms with E-state index in [1.165, 1.54) is 6.08 Å². The largest absolute Gasteiger partial charge is 0.481 e. The molecule has 5 heteroatoms. The normalized spacial score (nSPS) is 10.3. The number of carbonyl (C=O) groups is 2. The summed E-state index contributed by atoms with van der Waals surface area (Å²) >= 11 is 0. The summed E-state index contributed by atoms with van der Waals surface area (Å²) in [5.41, 5.74) is 2.08.